The lowest BCUT2D eigenvalue weighted by molar-refractivity contribution is -0.115. The molecule has 8 heteroatoms. The van der Waals surface area contributed by atoms with Crippen molar-refractivity contribution in [1.82, 2.24) is 10.3 Å². The summed E-state index contributed by atoms with van der Waals surface area (Å²) in [6.45, 7) is 1.91. The van der Waals surface area contributed by atoms with Crippen molar-refractivity contribution in [1.29, 1.82) is 0 Å². The summed E-state index contributed by atoms with van der Waals surface area (Å²) in [7, 11) is 1.48. The molecule has 0 saturated carbocycles. The Morgan fingerprint density at radius 2 is 1.70 bits per heavy atom. The highest BCUT2D eigenvalue weighted by molar-refractivity contribution is 5.99. The molecule has 0 radical (unpaired) electrons. The summed E-state index contributed by atoms with van der Waals surface area (Å²) in [5.41, 5.74) is 2.44. The molecule has 154 valence electrons. The van der Waals surface area contributed by atoms with E-state index in [1.54, 1.807) is 0 Å². The van der Waals surface area contributed by atoms with Crippen LogP contribution >= 0.6 is 0 Å². The fourth-order valence-electron chi connectivity index (χ4n) is 2.86. The number of pyridine rings is 1. The lowest BCUT2D eigenvalue weighted by atomic mass is 10.1. The van der Waals surface area contributed by atoms with E-state index in [9.17, 15) is 18.4 Å². The van der Waals surface area contributed by atoms with Crippen LogP contribution in [0.5, 0.6) is 0 Å². The number of amides is 2. The average molecular weight is 410 g/mol. The Hall–Kier alpha value is -3.81. The molecule has 2 amide bonds. The monoisotopic (exact) mass is 410 g/mol. The lowest BCUT2D eigenvalue weighted by Gasteiger charge is -2.15. The zero-order valence-corrected chi connectivity index (χ0v) is 16.4. The van der Waals surface area contributed by atoms with Gasteiger partial charge in [-0.05, 0) is 42.3 Å². The Labute approximate surface area is 172 Å². The minimum absolute atomic E-state index is 0.189. The second-order valence-corrected chi connectivity index (χ2v) is 6.64. The Morgan fingerprint density at radius 3 is 2.37 bits per heavy atom. The summed E-state index contributed by atoms with van der Waals surface area (Å²) < 4.78 is 26.8. The first-order valence-electron chi connectivity index (χ1n) is 9.15. The number of anilines is 3. The number of benzene rings is 2. The smallest absolute Gasteiger partial charge is 0.252 e. The molecule has 0 spiro atoms. The van der Waals surface area contributed by atoms with E-state index in [0.29, 0.717) is 5.82 Å². The molecule has 0 atom stereocenters. The third-order valence-corrected chi connectivity index (χ3v) is 4.34. The highest BCUT2D eigenvalue weighted by Gasteiger charge is 2.14. The molecule has 0 saturated heterocycles. The second kappa shape index (κ2) is 9.13. The van der Waals surface area contributed by atoms with Crippen LogP contribution in [-0.2, 0) is 11.2 Å². The SMILES string of the molecule is CNC(=O)c1cnc(Nc2ccccc2C)c(NC(=O)Cc2cc(F)cc(F)c2)c1. The van der Waals surface area contributed by atoms with Crippen molar-refractivity contribution in [3.05, 3.63) is 83.1 Å². The van der Waals surface area contributed by atoms with Gasteiger partial charge in [0.1, 0.15) is 11.6 Å². The van der Waals surface area contributed by atoms with Crippen molar-refractivity contribution in [3.63, 3.8) is 0 Å². The van der Waals surface area contributed by atoms with Crippen molar-refractivity contribution < 1.29 is 18.4 Å². The van der Waals surface area contributed by atoms with Gasteiger partial charge in [0.2, 0.25) is 5.91 Å². The molecule has 6 nitrogen and oxygen atoms in total. The normalized spacial score (nSPS) is 10.4. The number of nitrogens with one attached hydrogen (secondary N) is 3. The van der Waals surface area contributed by atoms with Crippen LogP contribution < -0.4 is 16.0 Å². The molecular weight excluding hydrogens is 390 g/mol. The number of hydrogen-bond acceptors (Lipinski definition) is 4. The molecule has 0 aliphatic rings. The van der Waals surface area contributed by atoms with Crippen molar-refractivity contribution in [3.8, 4) is 0 Å². The molecule has 30 heavy (non-hydrogen) atoms. The number of aromatic nitrogens is 1. The van der Waals surface area contributed by atoms with Gasteiger partial charge in [-0.1, -0.05) is 18.2 Å². The molecule has 0 fully saturated rings. The first kappa shape index (κ1) is 20.9. The first-order valence-corrected chi connectivity index (χ1v) is 9.15. The van der Waals surface area contributed by atoms with Crippen LogP contribution in [-0.4, -0.2) is 23.8 Å². The summed E-state index contributed by atoms with van der Waals surface area (Å²) in [4.78, 5) is 28.8. The highest BCUT2D eigenvalue weighted by atomic mass is 19.1. The molecule has 0 unspecified atom stereocenters. The van der Waals surface area contributed by atoms with Gasteiger partial charge in [-0.25, -0.2) is 13.8 Å². The van der Waals surface area contributed by atoms with E-state index in [0.717, 1.165) is 29.4 Å². The van der Waals surface area contributed by atoms with Crippen LogP contribution in [0.2, 0.25) is 0 Å². The van der Waals surface area contributed by atoms with Crippen molar-refractivity contribution in [2.45, 2.75) is 13.3 Å². The topological polar surface area (TPSA) is 83.1 Å². The van der Waals surface area contributed by atoms with Gasteiger partial charge in [-0.15, -0.1) is 0 Å². The van der Waals surface area contributed by atoms with Gasteiger partial charge in [0, 0.05) is 25.0 Å². The zero-order valence-electron chi connectivity index (χ0n) is 16.4. The predicted molar refractivity (Wildman–Crippen MR) is 111 cm³/mol. The fraction of sp³-hybridized carbons (Fsp3) is 0.136. The summed E-state index contributed by atoms with van der Waals surface area (Å²) in [5, 5.41) is 8.30. The van der Waals surface area contributed by atoms with Crippen LogP contribution in [0.4, 0.5) is 26.0 Å². The first-order chi connectivity index (χ1) is 14.4. The van der Waals surface area contributed by atoms with E-state index in [1.165, 1.54) is 19.3 Å². The minimum Gasteiger partial charge on any atom is -0.355 e. The van der Waals surface area contributed by atoms with E-state index in [2.05, 4.69) is 20.9 Å². The van der Waals surface area contributed by atoms with Gasteiger partial charge in [-0.3, -0.25) is 9.59 Å². The van der Waals surface area contributed by atoms with Crippen molar-refractivity contribution >= 4 is 29.0 Å². The maximum Gasteiger partial charge on any atom is 0.252 e. The quantitative estimate of drug-likeness (QED) is 0.575. The number of halogens is 2. The van der Waals surface area contributed by atoms with E-state index in [1.807, 2.05) is 31.2 Å². The van der Waals surface area contributed by atoms with Gasteiger partial charge in [-0.2, -0.15) is 0 Å². The zero-order chi connectivity index (χ0) is 21.7. The molecular formula is C22H20F2N4O2. The molecule has 3 rings (SSSR count). The fourth-order valence-corrected chi connectivity index (χ4v) is 2.86. The summed E-state index contributed by atoms with van der Waals surface area (Å²) >= 11 is 0. The van der Waals surface area contributed by atoms with E-state index in [4.69, 9.17) is 0 Å². The highest BCUT2D eigenvalue weighted by Crippen LogP contribution is 2.26. The summed E-state index contributed by atoms with van der Waals surface area (Å²) in [5.74, 6) is -2.07. The maximum absolute atomic E-state index is 13.4. The molecule has 2 aromatic carbocycles. The molecule has 0 aliphatic carbocycles. The summed E-state index contributed by atoms with van der Waals surface area (Å²) in [6, 6.07) is 11.9. The number of aryl methyl sites for hydroxylation is 1. The van der Waals surface area contributed by atoms with Crippen molar-refractivity contribution in [2.24, 2.45) is 0 Å². The van der Waals surface area contributed by atoms with Crippen LogP contribution in [0, 0.1) is 18.6 Å². The number of carbonyl (C=O) groups excluding carboxylic acids is 2. The van der Waals surface area contributed by atoms with Crippen LogP contribution in [0.25, 0.3) is 0 Å². The van der Waals surface area contributed by atoms with Crippen molar-refractivity contribution in [2.75, 3.05) is 17.7 Å². The van der Waals surface area contributed by atoms with Gasteiger partial charge in [0.15, 0.2) is 5.82 Å². The molecule has 0 aliphatic heterocycles. The third-order valence-electron chi connectivity index (χ3n) is 4.34. The standard InChI is InChI=1S/C22H20F2N4O2/c1-13-5-3-4-6-18(13)28-21-19(10-15(12-26-21)22(30)25-2)27-20(29)9-14-7-16(23)11-17(24)8-14/h3-8,10-12H,9H2,1-2H3,(H,25,30)(H,26,28)(H,27,29). The summed E-state index contributed by atoms with van der Waals surface area (Å²) in [6.07, 6.45) is 1.14. The van der Waals surface area contributed by atoms with Gasteiger partial charge in [0.05, 0.1) is 17.7 Å². The number of para-hydroxylation sites is 1. The molecule has 3 N–H and O–H groups in total. The number of carbonyl (C=O) groups is 2. The Morgan fingerprint density at radius 1 is 1.00 bits per heavy atom. The number of nitrogens with zero attached hydrogens (tertiary/aromatic N) is 1. The predicted octanol–water partition coefficient (Wildman–Crippen LogP) is 3.95. The van der Waals surface area contributed by atoms with Gasteiger partial charge in [0.25, 0.3) is 5.91 Å². The second-order valence-electron chi connectivity index (χ2n) is 6.64. The molecule has 3 aromatic rings. The minimum atomic E-state index is -0.761. The van der Waals surface area contributed by atoms with Crippen LogP contribution in [0.1, 0.15) is 21.5 Å². The van der Waals surface area contributed by atoms with E-state index in [-0.39, 0.29) is 29.1 Å². The average Bonchev–Trinajstić information content (AvgIpc) is 2.69. The van der Waals surface area contributed by atoms with Gasteiger partial charge >= 0.3 is 0 Å². The number of rotatable bonds is 6. The Balaban J connectivity index is 1.88. The van der Waals surface area contributed by atoms with E-state index < -0.39 is 17.5 Å². The number of hydrogen-bond donors (Lipinski definition) is 3. The third kappa shape index (κ3) is 5.16. The maximum atomic E-state index is 13.4. The van der Waals surface area contributed by atoms with Crippen LogP contribution in [0.3, 0.4) is 0 Å². The van der Waals surface area contributed by atoms with Gasteiger partial charge < -0.3 is 16.0 Å². The van der Waals surface area contributed by atoms with E-state index >= 15 is 0 Å². The Bertz CT molecular complexity index is 1080. The largest absolute Gasteiger partial charge is 0.355 e. The molecule has 0 bridgehead atoms. The van der Waals surface area contributed by atoms with Crippen LogP contribution in [0.15, 0.2) is 54.7 Å². The molecule has 1 aromatic heterocycles. The Kier molecular flexibility index (Phi) is 6.36. The molecule has 1 heterocycles. The lowest BCUT2D eigenvalue weighted by Crippen LogP contribution is -2.20.